The fourth-order valence-electron chi connectivity index (χ4n) is 15.3. The molecule has 0 saturated carbocycles. The lowest BCUT2D eigenvalue weighted by Crippen LogP contribution is -2.19. The molecule has 2 aromatic rings. The largest absolute Gasteiger partial charge is 0.519 e. The Hall–Kier alpha value is -3.65. The van der Waals surface area contributed by atoms with E-state index in [-0.39, 0.29) is 35.5 Å². The van der Waals surface area contributed by atoms with Crippen molar-refractivity contribution in [2.24, 2.45) is 0 Å². The van der Waals surface area contributed by atoms with Gasteiger partial charge in [0, 0.05) is 61.8 Å². The molecule has 0 saturated heterocycles. The van der Waals surface area contributed by atoms with Crippen molar-refractivity contribution in [3.63, 3.8) is 0 Å². The third-order valence-electron chi connectivity index (χ3n) is 22.4. The second kappa shape index (κ2) is 78.6. The maximum absolute atomic E-state index is 13.8. The molecule has 0 spiro atoms. The number of nitrogens with zero attached hydrogens (tertiary/aromatic N) is 2. The van der Waals surface area contributed by atoms with Crippen LogP contribution < -0.4 is 9.47 Å². The van der Waals surface area contributed by atoms with Gasteiger partial charge in [-0.1, -0.05) is 413 Å². The van der Waals surface area contributed by atoms with Gasteiger partial charge in [0.05, 0.1) is 9.85 Å². The molecule has 0 amide bonds. The minimum Gasteiger partial charge on any atom is -0.394 e. The molecule has 0 aliphatic rings. The Kier molecular flexibility index (Phi) is 73.1. The van der Waals surface area contributed by atoms with Gasteiger partial charge in [-0.25, -0.2) is 4.79 Å². The number of rotatable bonds is 86. The molecule has 0 heterocycles. The van der Waals surface area contributed by atoms with Crippen LogP contribution in [0.4, 0.5) is 16.2 Å². The Labute approximate surface area is 665 Å². The van der Waals surface area contributed by atoms with Crippen molar-refractivity contribution in [2.75, 3.05) is 26.4 Å². The summed E-state index contributed by atoms with van der Waals surface area (Å²) in [5.74, 6) is 0.352. The van der Waals surface area contributed by atoms with Crippen molar-refractivity contribution in [1.29, 1.82) is 0 Å². The minimum absolute atomic E-state index is 0.0935. The lowest BCUT2D eigenvalue weighted by atomic mass is 10.0. The molecule has 0 aliphatic heterocycles. The van der Waals surface area contributed by atoms with Crippen molar-refractivity contribution in [3.05, 3.63) is 67.8 Å². The monoisotopic (exact) mass is 1520 g/mol. The first kappa shape index (κ1) is 100. The maximum Gasteiger partial charge on any atom is 0.519 e. The fourth-order valence-corrected chi connectivity index (χ4v) is 15.3. The predicted octanol–water partition coefficient (Wildman–Crippen LogP) is 32.3. The highest BCUT2D eigenvalue weighted by molar-refractivity contribution is 5.69. The van der Waals surface area contributed by atoms with Crippen molar-refractivity contribution in [2.45, 2.75) is 503 Å². The standard InChI is InChI=1S/C95H172N2O11/c1-5-9-13-17-21-25-29-33-37-41-45-49-53-57-61-69-81-103-93(104-82-70-62-58-54-50-46-42-38-34-30-26-22-18-14-10-6-2)75-67-65-73-87-85-89(96(99)100)77-79-91(87)107-95(98)108-92-80-78-90(97(101)102)86-88(92)74-66-68-76-94(105-83-71-63-59-55-51-47-43-39-35-31-27-23-19-15-11-7-3)106-84-72-64-60-56-52-48-44-40-36-32-28-24-20-16-12-8-4/h77-80,85-86,93-94H,5-76,81-84H2,1-4H3. The van der Waals surface area contributed by atoms with Gasteiger partial charge in [0.25, 0.3) is 11.4 Å². The number of hydrogen-bond acceptors (Lipinski definition) is 11. The van der Waals surface area contributed by atoms with Gasteiger partial charge in [0.2, 0.25) is 0 Å². The number of nitro groups is 2. The minimum atomic E-state index is -1.02. The number of ether oxygens (including phenoxy) is 6. The van der Waals surface area contributed by atoms with E-state index in [1.165, 1.54) is 396 Å². The first-order valence-electron chi connectivity index (χ1n) is 47.1. The zero-order chi connectivity index (χ0) is 77.6. The van der Waals surface area contributed by atoms with Crippen molar-refractivity contribution < 1.29 is 43.1 Å². The SMILES string of the molecule is CCCCCCCCCCCCCCCCCCOC(CCCCc1cc([N+](=O)[O-])ccc1OC(=O)Oc1ccc([N+](=O)[O-])cc1CCCCC(OCCCCCCCCCCCCCCCCCC)OCCCCCCCCCCCCCCCCCC)OCCCCCCCCCCCCCCCCCC. The number of non-ortho nitro benzene ring substituents is 2. The van der Waals surface area contributed by atoms with Gasteiger partial charge in [-0.15, -0.1) is 0 Å². The number of carbonyl (C=O) groups excluding carboxylic acids is 1. The molecule has 13 nitrogen and oxygen atoms in total. The number of carbonyl (C=O) groups is 1. The lowest BCUT2D eigenvalue weighted by molar-refractivity contribution is -0.385. The van der Waals surface area contributed by atoms with Crippen LogP contribution in [0, 0.1) is 20.2 Å². The Morgan fingerprint density at radius 1 is 0.269 bits per heavy atom. The van der Waals surface area contributed by atoms with Crippen molar-refractivity contribution in [1.82, 2.24) is 0 Å². The van der Waals surface area contributed by atoms with E-state index in [1.54, 1.807) is 0 Å². The highest BCUT2D eigenvalue weighted by Crippen LogP contribution is 2.31. The Morgan fingerprint density at radius 2 is 0.454 bits per heavy atom. The fraction of sp³-hybridized carbons (Fsp3) is 0.863. The molecule has 0 bridgehead atoms. The van der Waals surface area contributed by atoms with Crippen LogP contribution in [0.25, 0.3) is 0 Å². The second-order valence-electron chi connectivity index (χ2n) is 32.6. The van der Waals surface area contributed by atoms with Crippen LogP contribution in [0.15, 0.2) is 36.4 Å². The molecule has 0 fully saturated rings. The van der Waals surface area contributed by atoms with Gasteiger partial charge >= 0.3 is 6.16 Å². The van der Waals surface area contributed by atoms with Crippen LogP contribution in [0.1, 0.15) is 488 Å². The van der Waals surface area contributed by atoms with E-state index in [0.29, 0.717) is 76.1 Å². The molecular formula is C95H172N2O11. The highest BCUT2D eigenvalue weighted by atomic mass is 16.7. The summed E-state index contributed by atoms with van der Waals surface area (Å²) in [4.78, 5) is 37.1. The van der Waals surface area contributed by atoms with Crippen molar-refractivity contribution in [3.8, 4) is 11.5 Å². The smallest absolute Gasteiger partial charge is 0.394 e. The Morgan fingerprint density at radius 3 is 0.639 bits per heavy atom. The molecule has 0 aliphatic carbocycles. The number of aryl methyl sites for hydroxylation is 2. The quantitative estimate of drug-likeness (QED) is 0.0155. The summed E-state index contributed by atoms with van der Waals surface area (Å²) in [5.41, 5.74) is 0.856. The van der Waals surface area contributed by atoms with Gasteiger partial charge in [0.15, 0.2) is 12.6 Å². The van der Waals surface area contributed by atoms with Gasteiger partial charge < -0.3 is 28.4 Å². The predicted molar refractivity (Wildman–Crippen MR) is 458 cm³/mol. The van der Waals surface area contributed by atoms with E-state index in [4.69, 9.17) is 28.4 Å². The van der Waals surface area contributed by atoms with Gasteiger partial charge in [-0.2, -0.15) is 0 Å². The summed E-state index contributed by atoms with van der Waals surface area (Å²) in [7, 11) is 0. The van der Waals surface area contributed by atoms with E-state index in [9.17, 15) is 25.0 Å². The molecule has 2 aromatic carbocycles. The van der Waals surface area contributed by atoms with Crippen molar-refractivity contribution >= 4 is 17.5 Å². The molecule has 2 rings (SSSR count). The van der Waals surface area contributed by atoms with E-state index < -0.39 is 16.0 Å². The van der Waals surface area contributed by atoms with Crippen LogP contribution in [0.3, 0.4) is 0 Å². The molecule has 628 valence electrons. The Bertz CT molecular complexity index is 2050. The molecule has 0 unspecified atom stereocenters. The first-order valence-corrected chi connectivity index (χ1v) is 47.1. The van der Waals surface area contributed by atoms with Gasteiger partial charge in [0.1, 0.15) is 11.5 Å². The summed E-state index contributed by atoms with van der Waals surface area (Å²) < 4.78 is 37.5. The zero-order valence-electron chi connectivity index (χ0n) is 71.2. The van der Waals surface area contributed by atoms with E-state index in [2.05, 4.69) is 27.7 Å². The summed E-state index contributed by atoms with van der Waals surface area (Å²) in [5, 5.41) is 24.2. The molecule has 0 radical (unpaired) electrons. The summed E-state index contributed by atoms with van der Waals surface area (Å²) in [6.45, 7) is 11.8. The van der Waals surface area contributed by atoms with Crippen LogP contribution in [-0.2, 0) is 31.8 Å². The molecular weight excluding hydrogens is 1350 g/mol. The number of hydrogen-bond donors (Lipinski definition) is 0. The molecule has 0 atom stereocenters. The maximum atomic E-state index is 13.8. The molecule has 13 heteroatoms. The van der Waals surface area contributed by atoms with Crippen LogP contribution in [0.5, 0.6) is 11.5 Å². The third-order valence-corrected chi connectivity index (χ3v) is 22.4. The van der Waals surface area contributed by atoms with Crippen LogP contribution in [0.2, 0.25) is 0 Å². The molecule has 108 heavy (non-hydrogen) atoms. The summed E-state index contributed by atoms with van der Waals surface area (Å²) in [6.07, 6.45) is 88.0. The van der Waals surface area contributed by atoms with Gasteiger partial charge in [-0.3, -0.25) is 20.2 Å². The first-order chi connectivity index (χ1) is 53.2. The summed E-state index contributed by atoms with van der Waals surface area (Å²) in [6, 6.07) is 8.53. The van der Waals surface area contributed by atoms with E-state index in [0.717, 1.165) is 64.2 Å². The number of benzene rings is 2. The Balaban J connectivity index is 1.97. The normalized spacial score (nSPS) is 11.7. The summed E-state index contributed by atoms with van der Waals surface area (Å²) >= 11 is 0. The third kappa shape index (κ3) is 63.8. The number of unbranched alkanes of at least 4 members (excludes halogenated alkanes) is 62. The molecule has 0 N–H and O–H groups in total. The zero-order valence-corrected chi connectivity index (χ0v) is 71.2. The molecule has 0 aromatic heterocycles. The second-order valence-corrected chi connectivity index (χ2v) is 32.6. The lowest BCUT2D eigenvalue weighted by Gasteiger charge is -2.19. The van der Waals surface area contributed by atoms with E-state index >= 15 is 0 Å². The van der Waals surface area contributed by atoms with Crippen LogP contribution >= 0.6 is 0 Å². The van der Waals surface area contributed by atoms with E-state index in [1.807, 2.05) is 0 Å². The number of nitro benzene ring substituents is 2. The average Bonchev–Trinajstić information content (AvgIpc) is 0.839. The average molecular weight is 1520 g/mol. The topological polar surface area (TPSA) is 159 Å². The highest BCUT2D eigenvalue weighted by Gasteiger charge is 2.21. The van der Waals surface area contributed by atoms with Crippen LogP contribution in [-0.4, -0.2) is 55.0 Å². The van der Waals surface area contributed by atoms with Gasteiger partial charge in [-0.05, 0) is 89.2 Å².